The Morgan fingerprint density at radius 2 is 1.97 bits per heavy atom. The third-order valence-corrected chi connectivity index (χ3v) is 8.49. The highest BCUT2D eigenvalue weighted by atomic mass is 32.1. The third-order valence-electron chi connectivity index (χ3n) is 7.62. The Labute approximate surface area is 191 Å². The maximum absolute atomic E-state index is 15.1. The number of halogens is 1. The number of rotatable bonds is 7. The van der Waals surface area contributed by atoms with Crippen LogP contribution in [0.1, 0.15) is 49.0 Å². The van der Waals surface area contributed by atoms with Gasteiger partial charge in [-0.2, -0.15) is 0 Å². The number of carbonyl (C=O) groups excluding carboxylic acids is 2. The molecule has 0 unspecified atom stereocenters. The van der Waals surface area contributed by atoms with Crippen molar-refractivity contribution in [3.63, 3.8) is 0 Å². The van der Waals surface area contributed by atoms with E-state index in [0.29, 0.717) is 36.1 Å². The summed E-state index contributed by atoms with van der Waals surface area (Å²) in [7, 11) is 1.53. The lowest BCUT2D eigenvalue weighted by Crippen LogP contribution is -2.57. The van der Waals surface area contributed by atoms with E-state index in [9.17, 15) is 9.59 Å². The van der Waals surface area contributed by atoms with E-state index in [1.165, 1.54) is 13.2 Å². The number of methoxy groups -OCH3 is 1. The molecule has 6 rings (SSSR count). The van der Waals surface area contributed by atoms with Crippen molar-refractivity contribution in [1.29, 1.82) is 0 Å². The molecule has 0 saturated heterocycles. The summed E-state index contributed by atoms with van der Waals surface area (Å²) in [5.74, 6) is 0.418. The number of ether oxygens (including phenoxy) is 2. The van der Waals surface area contributed by atoms with Crippen LogP contribution in [-0.2, 0) is 26.3 Å². The van der Waals surface area contributed by atoms with E-state index in [4.69, 9.17) is 9.47 Å². The Hall–Kier alpha value is -2.41. The van der Waals surface area contributed by atoms with E-state index in [2.05, 4.69) is 5.32 Å². The van der Waals surface area contributed by atoms with Gasteiger partial charge in [0.2, 0.25) is 0 Å². The lowest BCUT2D eigenvalue weighted by Gasteiger charge is -2.61. The molecule has 4 saturated carbocycles. The predicted molar refractivity (Wildman–Crippen MR) is 119 cm³/mol. The van der Waals surface area contributed by atoms with Crippen molar-refractivity contribution in [3.8, 4) is 5.75 Å². The number of carbonyl (C=O) groups is 2. The van der Waals surface area contributed by atoms with E-state index in [-0.39, 0.29) is 29.7 Å². The van der Waals surface area contributed by atoms with Gasteiger partial charge in [-0.1, -0.05) is 12.1 Å². The van der Waals surface area contributed by atoms with Crippen LogP contribution in [0.2, 0.25) is 0 Å². The minimum Gasteiger partial charge on any atom is -0.497 e. The summed E-state index contributed by atoms with van der Waals surface area (Å²) in [6.45, 7) is 0.161. The van der Waals surface area contributed by atoms with Crippen LogP contribution in [0.3, 0.4) is 0 Å². The molecule has 4 fully saturated rings. The van der Waals surface area contributed by atoms with Crippen molar-refractivity contribution >= 4 is 23.2 Å². The molecule has 32 heavy (non-hydrogen) atoms. The highest BCUT2D eigenvalue weighted by Crippen LogP contribution is 2.66. The average molecular weight is 458 g/mol. The van der Waals surface area contributed by atoms with Gasteiger partial charge in [0.15, 0.2) is 6.61 Å². The van der Waals surface area contributed by atoms with Gasteiger partial charge >= 0.3 is 5.97 Å². The highest BCUT2D eigenvalue weighted by molar-refractivity contribution is 7.09. The molecule has 1 aromatic heterocycles. The Balaban J connectivity index is 1.30. The van der Waals surface area contributed by atoms with Crippen molar-refractivity contribution in [1.82, 2.24) is 5.32 Å². The monoisotopic (exact) mass is 457 g/mol. The number of hydrogen-bond acceptors (Lipinski definition) is 5. The molecule has 0 radical (unpaired) electrons. The fourth-order valence-electron chi connectivity index (χ4n) is 6.80. The van der Waals surface area contributed by atoms with E-state index in [1.807, 2.05) is 23.6 Å². The Morgan fingerprint density at radius 3 is 2.62 bits per heavy atom. The van der Waals surface area contributed by atoms with Gasteiger partial charge in [0, 0.05) is 10.9 Å². The van der Waals surface area contributed by atoms with Crippen molar-refractivity contribution in [2.75, 3.05) is 13.7 Å². The van der Waals surface area contributed by atoms with E-state index >= 15 is 4.39 Å². The van der Waals surface area contributed by atoms with Gasteiger partial charge in [-0.3, -0.25) is 9.59 Å². The first-order valence-corrected chi connectivity index (χ1v) is 12.1. The highest BCUT2D eigenvalue weighted by Gasteiger charge is 2.62. The van der Waals surface area contributed by atoms with Crippen molar-refractivity contribution in [2.24, 2.45) is 17.3 Å². The molecule has 7 heteroatoms. The normalized spacial score (nSPS) is 30.2. The maximum Gasteiger partial charge on any atom is 0.312 e. The van der Waals surface area contributed by atoms with Crippen molar-refractivity contribution in [2.45, 2.75) is 50.5 Å². The Morgan fingerprint density at radius 1 is 1.19 bits per heavy atom. The van der Waals surface area contributed by atoms with Gasteiger partial charge in [-0.15, -0.1) is 11.3 Å². The second kappa shape index (κ2) is 8.18. The smallest absolute Gasteiger partial charge is 0.312 e. The van der Waals surface area contributed by atoms with E-state index < -0.39 is 5.41 Å². The van der Waals surface area contributed by atoms with Gasteiger partial charge in [-0.05, 0) is 78.9 Å². The lowest BCUT2D eigenvalue weighted by molar-refractivity contribution is -0.175. The minimum absolute atomic E-state index is 0.261. The van der Waals surface area contributed by atoms with Crippen LogP contribution >= 0.6 is 11.3 Å². The molecule has 2 aromatic rings. The standard InChI is InChI=1S/C25H28FNO4S/c1-30-18-4-5-20(21(26)8-18)24-9-16-7-17(10-24)12-25(11-16,15-24)23(29)31-14-22(28)27-13-19-3-2-6-32-19/h2-6,8,16-17H,7,9-15H2,1H3,(H,27,28)/t16-,17-,24?,25?/m1/s1. The van der Waals surface area contributed by atoms with Crippen LogP contribution in [0.5, 0.6) is 5.75 Å². The maximum atomic E-state index is 15.1. The molecule has 2 atom stereocenters. The molecular formula is C25H28FNO4S. The molecule has 1 aromatic carbocycles. The molecule has 1 amide bonds. The fourth-order valence-corrected chi connectivity index (χ4v) is 7.45. The van der Waals surface area contributed by atoms with Gasteiger partial charge in [0.1, 0.15) is 11.6 Å². The number of hydrogen-bond donors (Lipinski definition) is 1. The SMILES string of the molecule is COc1ccc(C23C[C@H]4C[C@@H](CC(C(=O)OCC(=O)NCc5cccs5)(C4)C2)C3)c(F)c1. The Bertz CT molecular complexity index is 1010. The van der Waals surface area contributed by atoms with Crippen LogP contribution in [-0.4, -0.2) is 25.6 Å². The second-order valence-corrected chi connectivity index (χ2v) is 10.8. The van der Waals surface area contributed by atoms with Crippen LogP contribution in [0.4, 0.5) is 4.39 Å². The first-order chi connectivity index (χ1) is 15.4. The summed E-state index contributed by atoms with van der Waals surface area (Å²) in [5.41, 5.74) is -0.274. The molecule has 0 aliphatic heterocycles. The summed E-state index contributed by atoms with van der Waals surface area (Å²) in [4.78, 5) is 26.5. The van der Waals surface area contributed by atoms with Crippen LogP contribution in [0, 0.1) is 23.1 Å². The molecular weight excluding hydrogens is 429 g/mol. The van der Waals surface area contributed by atoms with Crippen molar-refractivity contribution < 1.29 is 23.5 Å². The molecule has 1 N–H and O–H groups in total. The van der Waals surface area contributed by atoms with Gasteiger partial charge in [0.25, 0.3) is 5.91 Å². The fraction of sp³-hybridized carbons (Fsp3) is 0.520. The largest absolute Gasteiger partial charge is 0.497 e. The lowest BCUT2D eigenvalue weighted by atomic mass is 9.43. The zero-order valence-corrected chi connectivity index (χ0v) is 19.0. The molecule has 4 aliphatic carbocycles. The summed E-state index contributed by atoms with van der Waals surface area (Å²) in [6, 6.07) is 8.96. The van der Waals surface area contributed by atoms with E-state index in [1.54, 1.807) is 17.4 Å². The first kappa shape index (κ1) is 21.4. The first-order valence-electron chi connectivity index (χ1n) is 11.2. The summed E-state index contributed by atoms with van der Waals surface area (Å²) < 4.78 is 25.8. The quantitative estimate of drug-likeness (QED) is 0.618. The average Bonchev–Trinajstić information content (AvgIpc) is 3.28. The zero-order valence-electron chi connectivity index (χ0n) is 18.2. The molecule has 5 nitrogen and oxygen atoms in total. The molecule has 0 spiro atoms. The van der Waals surface area contributed by atoms with Crippen LogP contribution in [0.15, 0.2) is 35.7 Å². The van der Waals surface area contributed by atoms with E-state index in [0.717, 1.165) is 37.0 Å². The summed E-state index contributed by atoms with van der Waals surface area (Å²) in [6.07, 6.45) is 5.05. The van der Waals surface area contributed by atoms with Gasteiger partial charge < -0.3 is 14.8 Å². The summed E-state index contributed by atoms with van der Waals surface area (Å²) in [5, 5.41) is 4.75. The number of nitrogens with one attached hydrogen (secondary N) is 1. The number of thiophene rings is 1. The molecule has 4 bridgehead atoms. The molecule has 4 aliphatic rings. The number of esters is 1. The second-order valence-electron chi connectivity index (χ2n) is 9.80. The number of amides is 1. The zero-order chi connectivity index (χ0) is 22.3. The van der Waals surface area contributed by atoms with Crippen molar-refractivity contribution in [3.05, 3.63) is 52.0 Å². The predicted octanol–water partition coefficient (Wildman–Crippen LogP) is 4.59. The molecule has 170 valence electrons. The minimum atomic E-state index is -0.621. The van der Waals surface area contributed by atoms with Crippen LogP contribution < -0.4 is 10.1 Å². The van der Waals surface area contributed by atoms with Gasteiger partial charge in [-0.25, -0.2) is 4.39 Å². The van der Waals surface area contributed by atoms with Gasteiger partial charge in [0.05, 0.1) is 19.1 Å². The van der Waals surface area contributed by atoms with Crippen LogP contribution in [0.25, 0.3) is 0 Å². The Kier molecular flexibility index (Phi) is 5.48. The third kappa shape index (κ3) is 3.81. The number of benzene rings is 1. The molecule has 1 heterocycles. The topological polar surface area (TPSA) is 64.6 Å². The summed E-state index contributed by atoms with van der Waals surface area (Å²) >= 11 is 1.57.